The Bertz CT molecular complexity index is 1090. The van der Waals surface area contributed by atoms with Crippen molar-refractivity contribution in [3.8, 4) is 0 Å². The molecule has 1 aliphatic rings. The first-order valence-electron chi connectivity index (χ1n) is 9.22. The number of aromatic nitrogens is 2. The summed E-state index contributed by atoms with van der Waals surface area (Å²) in [5, 5.41) is 0.768. The molecule has 0 N–H and O–H groups in total. The third kappa shape index (κ3) is 3.13. The molecule has 3 heterocycles. The van der Waals surface area contributed by atoms with Crippen molar-refractivity contribution in [3.05, 3.63) is 70.4 Å². The monoisotopic (exact) mass is 380 g/mol. The number of benzene rings is 1. The molecule has 1 atom stereocenters. The Morgan fingerprint density at radius 1 is 1.18 bits per heavy atom. The fraction of sp³-hybridized carbons (Fsp3) is 0.286. The zero-order valence-corrected chi connectivity index (χ0v) is 15.8. The van der Waals surface area contributed by atoms with E-state index in [0.717, 1.165) is 10.9 Å². The molecule has 0 aliphatic carbocycles. The molecule has 28 heavy (non-hydrogen) atoms. The second kappa shape index (κ2) is 7.07. The Balaban J connectivity index is 1.61. The first kappa shape index (κ1) is 18.2. The predicted molar refractivity (Wildman–Crippen MR) is 106 cm³/mol. The topological polar surface area (TPSA) is 58.4 Å². The van der Waals surface area contributed by atoms with Gasteiger partial charge in [-0.1, -0.05) is 18.2 Å². The molecule has 0 saturated carbocycles. The second-order valence-electron chi connectivity index (χ2n) is 7.10. The number of fused-ring (bicyclic) bond motifs is 1. The molecule has 0 bridgehead atoms. The number of carbonyl (C=O) groups is 1. The SMILES string of the molecule is CC1CN(C(=O)c2cc(=O)n(C)c3ccccc23)CCN1c1ccc(F)cn1. The van der Waals surface area contributed by atoms with E-state index >= 15 is 0 Å². The van der Waals surface area contributed by atoms with Crippen LogP contribution in [0.5, 0.6) is 0 Å². The van der Waals surface area contributed by atoms with Gasteiger partial charge in [0.1, 0.15) is 11.6 Å². The lowest BCUT2D eigenvalue weighted by atomic mass is 10.1. The summed E-state index contributed by atoms with van der Waals surface area (Å²) in [4.78, 5) is 33.5. The molecule has 1 amide bonds. The first-order chi connectivity index (χ1) is 13.5. The molecule has 144 valence electrons. The summed E-state index contributed by atoms with van der Waals surface area (Å²) in [5.41, 5.74) is 0.962. The average molecular weight is 380 g/mol. The molecule has 7 heteroatoms. The van der Waals surface area contributed by atoms with Crippen LogP contribution >= 0.6 is 0 Å². The normalized spacial score (nSPS) is 17.2. The van der Waals surface area contributed by atoms with Crippen LogP contribution in [0, 0.1) is 5.82 Å². The lowest BCUT2D eigenvalue weighted by molar-refractivity contribution is 0.0727. The smallest absolute Gasteiger partial charge is 0.254 e. The number of hydrogen-bond donors (Lipinski definition) is 0. The Labute approximate surface area is 161 Å². The zero-order valence-electron chi connectivity index (χ0n) is 15.8. The zero-order chi connectivity index (χ0) is 19.8. The Morgan fingerprint density at radius 3 is 2.68 bits per heavy atom. The number of piperazine rings is 1. The van der Waals surface area contributed by atoms with Crippen molar-refractivity contribution in [1.29, 1.82) is 0 Å². The Kier molecular flexibility index (Phi) is 4.58. The molecule has 1 fully saturated rings. The number of para-hydroxylation sites is 1. The molecule has 3 aromatic rings. The number of anilines is 1. The second-order valence-corrected chi connectivity index (χ2v) is 7.10. The molecular formula is C21H21FN4O2. The third-order valence-electron chi connectivity index (χ3n) is 5.31. The minimum absolute atomic E-state index is 0.0217. The van der Waals surface area contributed by atoms with Crippen LogP contribution in [0.25, 0.3) is 10.9 Å². The maximum Gasteiger partial charge on any atom is 0.254 e. The van der Waals surface area contributed by atoms with Crippen molar-refractivity contribution in [3.63, 3.8) is 0 Å². The van der Waals surface area contributed by atoms with Gasteiger partial charge in [0.05, 0.1) is 17.3 Å². The van der Waals surface area contributed by atoms with E-state index in [4.69, 9.17) is 0 Å². The van der Waals surface area contributed by atoms with Crippen molar-refractivity contribution in [2.45, 2.75) is 13.0 Å². The number of halogens is 1. The molecule has 2 aromatic heterocycles. The summed E-state index contributed by atoms with van der Waals surface area (Å²) in [5.74, 6) is 0.176. The largest absolute Gasteiger partial charge is 0.350 e. The lowest BCUT2D eigenvalue weighted by Gasteiger charge is -2.40. The number of pyridine rings is 2. The van der Waals surface area contributed by atoms with Crippen molar-refractivity contribution in [1.82, 2.24) is 14.5 Å². The summed E-state index contributed by atoms with van der Waals surface area (Å²) in [6.07, 6.45) is 1.20. The van der Waals surface area contributed by atoms with Crippen LogP contribution in [0.3, 0.4) is 0 Å². The van der Waals surface area contributed by atoms with Crippen LogP contribution in [-0.4, -0.2) is 46.0 Å². The summed E-state index contributed by atoms with van der Waals surface area (Å²) in [6, 6.07) is 11.9. The Hall–Kier alpha value is -3.22. The summed E-state index contributed by atoms with van der Waals surface area (Å²) >= 11 is 0. The fourth-order valence-corrected chi connectivity index (χ4v) is 3.78. The van der Waals surface area contributed by atoms with Crippen molar-refractivity contribution < 1.29 is 9.18 Å². The van der Waals surface area contributed by atoms with Gasteiger partial charge in [-0.05, 0) is 25.1 Å². The number of rotatable bonds is 2. The molecule has 6 nitrogen and oxygen atoms in total. The lowest BCUT2D eigenvalue weighted by Crippen LogP contribution is -2.54. The van der Waals surface area contributed by atoms with Gasteiger partial charge in [0, 0.05) is 44.2 Å². The van der Waals surface area contributed by atoms with Gasteiger partial charge in [-0.15, -0.1) is 0 Å². The summed E-state index contributed by atoms with van der Waals surface area (Å²) < 4.78 is 14.7. The van der Waals surface area contributed by atoms with Gasteiger partial charge in [0.15, 0.2) is 0 Å². The van der Waals surface area contributed by atoms with E-state index in [1.165, 1.54) is 18.3 Å². The number of nitrogens with zero attached hydrogens (tertiary/aromatic N) is 4. The first-order valence-corrected chi connectivity index (χ1v) is 9.22. The van der Waals surface area contributed by atoms with E-state index in [0.29, 0.717) is 31.0 Å². The number of aryl methyl sites for hydroxylation is 1. The molecular weight excluding hydrogens is 359 g/mol. The van der Waals surface area contributed by atoms with E-state index in [1.54, 1.807) is 22.6 Å². The number of amides is 1. The van der Waals surface area contributed by atoms with Crippen LogP contribution in [0.1, 0.15) is 17.3 Å². The number of hydrogen-bond acceptors (Lipinski definition) is 4. The van der Waals surface area contributed by atoms with Gasteiger partial charge in [0.2, 0.25) is 0 Å². The molecule has 1 aromatic carbocycles. The van der Waals surface area contributed by atoms with Crippen molar-refractivity contribution in [2.75, 3.05) is 24.5 Å². The average Bonchev–Trinajstić information content (AvgIpc) is 2.71. The highest BCUT2D eigenvalue weighted by Crippen LogP contribution is 2.22. The molecule has 4 rings (SSSR count). The maximum atomic E-state index is 13.2. The predicted octanol–water partition coefficient (Wildman–Crippen LogP) is 2.42. The quantitative estimate of drug-likeness (QED) is 0.685. The van der Waals surface area contributed by atoms with E-state index in [9.17, 15) is 14.0 Å². The van der Waals surface area contributed by atoms with Gasteiger partial charge >= 0.3 is 0 Å². The highest BCUT2D eigenvalue weighted by Gasteiger charge is 2.29. The summed E-state index contributed by atoms with van der Waals surface area (Å²) in [6.45, 7) is 3.61. The third-order valence-corrected chi connectivity index (χ3v) is 5.31. The Morgan fingerprint density at radius 2 is 1.96 bits per heavy atom. The van der Waals surface area contributed by atoms with E-state index < -0.39 is 0 Å². The van der Waals surface area contributed by atoms with E-state index in [2.05, 4.69) is 9.88 Å². The minimum atomic E-state index is -0.372. The van der Waals surface area contributed by atoms with Gasteiger partial charge in [-0.3, -0.25) is 9.59 Å². The molecule has 0 spiro atoms. The van der Waals surface area contributed by atoms with Gasteiger partial charge < -0.3 is 14.4 Å². The summed E-state index contributed by atoms with van der Waals surface area (Å²) in [7, 11) is 1.70. The highest BCUT2D eigenvalue weighted by atomic mass is 19.1. The van der Waals surface area contributed by atoms with Crippen LogP contribution in [0.15, 0.2) is 53.5 Å². The fourth-order valence-electron chi connectivity index (χ4n) is 3.78. The van der Waals surface area contributed by atoms with Crippen molar-refractivity contribution in [2.24, 2.45) is 7.05 Å². The van der Waals surface area contributed by atoms with Gasteiger partial charge in [-0.2, -0.15) is 0 Å². The van der Waals surface area contributed by atoms with E-state index in [-0.39, 0.29) is 23.3 Å². The van der Waals surface area contributed by atoms with Crippen LogP contribution in [-0.2, 0) is 7.05 Å². The molecule has 1 saturated heterocycles. The van der Waals surface area contributed by atoms with Gasteiger partial charge in [0.25, 0.3) is 11.5 Å². The molecule has 0 radical (unpaired) electrons. The minimum Gasteiger partial charge on any atom is -0.350 e. The van der Waals surface area contributed by atoms with Crippen molar-refractivity contribution >= 4 is 22.6 Å². The van der Waals surface area contributed by atoms with Crippen LogP contribution < -0.4 is 10.5 Å². The van der Waals surface area contributed by atoms with Crippen LogP contribution in [0.4, 0.5) is 10.2 Å². The number of carbonyl (C=O) groups excluding carboxylic acids is 1. The highest BCUT2D eigenvalue weighted by molar-refractivity contribution is 6.06. The standard InChI is InChI=1S/C21H21FN4O2/c1-14-13-25(9-10-26(14)19-8-7-15(22)12-23-19)21(28)17-11-20(27)24(2)18-6-4-3-5-16(17)18/h3-8,11-12,14H,9-10,13H2,1-2H3. The molecule has 1 unspecified atom stereocenters. The molecule has 1 aliphatic heterocycles. The van der Waals surface area contributed by atoms with E-state index in [1.807, 2.05) is 31.2 Å². The van der Waals surface area contributed by atoms with Gasteiger partial charge in [-0.25, -0.2) is 9.37 Å². The maximum absolute atomic E-state index is 13.2. The van der Waals surface area contributed by atoms with Crippen LogP contribution in [0.2, 0.25) is 0 Å².